The van der Waals surface area contributed by atoms with Gasteiger partial charge in [0.25, 0.3) is 0 Å². The summed E-state index contributed by atoms with van der Waals surface area (Å²) in [6.07, 6.45) is 3.64. The highest BCUT2D eigenvalue weighted by Crippen LogP contribution is 2.22. The summed E-state index contributed by atoms with van der Waals surface area (Å²) in [5, 5.41) is 9.15. The summed E-state index contributed by atoms with van der Waals surface area (Å²) in [6.45, 7) is 6.63. The van der Waals surface area contributed by atoms with Crippen molar-refractivity contribution in [3.05, 3.63) is 0 Å². The van der Waals surface area contributed by atoms with Gasteiger partial charge >= 0.3 is 5.97 Å². The minimum absolute atomic E-state index is 0.0144. The van der Waals surface area contributed by atoms with E-state index in [1.807, 2.05) is 6.92 Å². The molecule has 0 aromatic rings. The van der Waals surface area contributed by atoms with Gasteiger partial charge in [-0.05, 0) is 51.6 Å². The lowest BCUT2D eigenvalue weighted by atomic mass is 9.98. The van der Waals surface area contributed by atoms with Crippen molar-refractivity contribution in [1.29, 1.82) is 0 Å². The first-order valence-corrected chi connectivity index (χ1v) is 7.28. The zero-order chi connectivity index (χ0) is 14.0. The Balaban J connectivity index is 1.96. The largest absolute Gasteiger partial charge is 0.480 e. The first kappa shape index (κ1) is 14.3. The predicted molar refractivity (Wildman–Crippen MR) is 71.8 cm³/mol. The number of piperidine rings is 1. The van der Waals surface area contributed by atoms with Crippen molar-refractivity contribution in [2.45, 2.75) is 51.6 Å². The highest BCUT2D eigenvalue weighted by atomic mass is 16.4. The molecule has 2 heterocycles. The summed E-state index contributed by atoms with van der Waals surface area (Å²) in [7, 11) is 0. The molecule has 2 aliphatic heterocycles. The number of hydrogen-bond donors (Lipinski definition) is 1. The van der Waals surface area contributed by atoms with E-state index in [1.165, 1.54) is 0 Å². The van der Waals surface area contributed by atoms with Crippen LogP contribution < -0.4 is 0 Å². The second kappa shape index (κ2) is 5.90. The van der Waals surface area contributed by atoms with Crippen LogP contribution in [0.25, 0.3) is 0 Å². The number of aliphatic carboxylic acids is 1. The summed E-state index contributed by atoms with van der Waals surface area (Å²) in [5.74, 6) is -0.151. The number of carboxylic acids is 1. The number of likely N-dealkylation sites (tertiary alicyclic amines) is 2. The fourth-order valence-corrected chi connectivity index (χ4v) is 3.10. The maximum Gasteiger partial charge on any atom is 0.326 e. The normalized spacial score (nSPS) is 27.5. The van der Waals surface area contributed by atoms with Crippen LogP contribution in [0.15, 0.2) is 0 Å². The Morgan fingerprint density at radius 1 is 1.16 bits per heavy atom. The van der Waals surface area contributed by atoms with Crippen molar-refractivity contribution in [2.24, 2.45) is 5.92 Å². The maximum atomic E-state index is 12.5. The van der Waals surface area contributed by atoms with Crippen molar-refractivity contribution in [1.82, 2.24) is 9.80 Å². The molecule has 2 unspecified atom stereocenters. The van der Waals surface area contributed by atoms with E-state index in [0.717, 1.165) is 38.3 Å². The van der Waals surface area contributed by atoms with Crippen LogP contribution in [-0.2, 0) is 9.59 Å². The average Bonchev–Trinajstić information content (AvgIpc) is 2.87. The molecule has 5 heteroatoms. The number of hydrogen-bond acceptors (Lipinski definition) is 3. The van der Waals surface area contributed by atoms with Gasteiger partial charge in [-0.15, -0.1) is 0 Å². The lowest BCUT2D eigenvalue weighted by Crippen LogP contribution is -2.52. The van der Waals surface area contributed by atoms with Crippen molar-refractivity contribution in [3.63, 3.8) is 0 Å². The molecule has 2 saturated heterocycles. The molecule has 5 nitrogen and oxygen atoms in total. The van der Waals surface area contributed by atoms with E-state index in [-0.39, 0.29) is 11.9 Å². The van der Waals surface area contributed by atoms with Crippen LogP contribution in [-0.4, -0.2) is 58.5 Å². The van der Waals surface area contributed by atoms with Gasteiger partial charge in [0.1, 0.15) is 6.04 Å². The molecule has 19 heavy (non-hydrogen) atoms. The van der Waals surface area contributed by atoms with E-state index in [4.69, 9.17) is 5.11 Å². The van der Waals surface area contributed by atoms with Gasteiger partial charge in [0, 0.05) is 6.54 Å². The molecular weight excluding hydrogens is 244 g/mol. The molecule has 0 aromatic carbocycles. The quantitative estimate of drug-likeness (QED) is 0.835. The van der Waals surface area contributed by atoms with Crippen LogP contribution in [0.1, 0.15) is 39.5 Å². The van der Waals surface area contributed by atoms with Gasteiger partial charge in [-0.2, -0.15) is 0 Å². The first-order chi connectivity index (χ1) is 9.00. The minimum atomic E-state index is -0.870. The maximum absolute atomic E-state index is 12.5. The first-order valence-electron chi connectivity index (χ1n) is 7.28. The summed E-state index contributed by atoms with van der Waals surface area (Å²) in [5.41, 5.74) is 0. The van der Waals surface area contributed by atoms with Crippen LogP contribution >= 0.6 is 0 Å². The van der Waals surface area contributed by atoms with Gasteiger partial charge in [0.15, 0.2) is 0 Å². The SMILES string of the molecule is CC1CCN(C(C)C(=O)N2CCCC2C(=O)O)CC1. The molecule has 2 rings (SSSR count). The Hall–Kier alpha value is -1.10. The van der Waals surface area contributed by atoms with Gasteiger partial charge < -0.3 is 10.0 Å². The van der Waals surface area contributed by atoms with Crippen molar-refractivity contribution < 1.29 is 14.7 Å². The highest BCUT2D eigenvalue weighted by molar-refractivity contribution is 5.87. The number of carbonyl (C=O) groups is 2. The fraction of sp³-hybridized carbons (Fsp3) is 0.857. The Morgan fingerprint density at radius 3 is 2.37 bits per heavy atom. The molecule has 108 valence electrons. The summed E-state index contributed by atoms with van der Waals surface area (Å²) in [6, 6.07) is -0.800. The Morgan fingerprint density at radius 2 is 1.79 bits per heavy atom. The second-order valence-corrected chi connectivity index (χ2v) is 5.92. The zero-order valence-electron chi connectivity index (χ0n) is 11.8. The zero-order valence-corrected chi connectivity index (χ0v) is 11.8. The molecule has 0 aliphatic carbocycles. The van der Waals surface area contributed by atoms with Crippen LogP contribution in [0.2, 0.25) is 0 Å². The van der Waals surface area contributed by atoms with E-state index in [0.29, 0.717) is 13.0 Å². The van der Waals surface area contributed by atoms with Crippen molar-refractivity contribution in [3.8, 4) is 0 Å². The summed E-state index contributed by atoms with van der Waals surface area (Å²) in [4.78, 5) is 27.4. The number of nitrogens with zero attached hydrogens (tertiary/aromatic N) is 2. The van der Waals surface area contributed by atoms with E-state index in [2.05, 4.69) is 11.8 Å². The third kappa shape index (κ3) is 3.08. The molecule has 0 aromatic heterocycles. The van der Waals surface area contributed by atoms with Crippen LogP contribution in [0, 0.1) is 5.92 Å². The number of carbonyl (C=O) groups excluding carboxylic acids is 1. The third-order valence-electron chi connectivity index (χ3n) is 4.54. The molecular formula is C14H24N2O3. The predicted octanol–water partition coefficient (Wildman–Crippen LogP) is 1.18. The van der Waals surface area contributed by atoms with Crippen LogP contribution in [0.3, 0.4) is 0 Å². The van der Waals surface area contributed by atoms with Crippen molar-refractivity contribution in [2.75, 3.05) is 19.6 Å². The molecule has 0 spiro atoms. The fourth-order valence-electron chi connectivity index (χ4n) is 3.10. The van der Waals surface area contributed by atoms with E-state index >= 15 is 0 Å². The van der Waals surface area contributed by atoms with E-state index in [9.17, 15) is 9.59 Å². The van der Waals surface area contributed by atoms with Crippen LogP contribution in [0.4, 0.5) is 0 Å². The summed E-state index contributed by atoms with van der Waals surface area (Å²) >= 11 is 0. The standard InChI is InChI=1S/C14H24N2O3/c1-10-5-8-15(9-6-10)11(2)13(17)16-7-3-4-12(16)14(18)19/h10-12H,3-9H2,1-2H3,(H,18,19). The lowest BCUT2D eigenvalue weighted by Gasteiger charge is -2.36. The van der Waals surface area contributed by atoms with Gasteiger partial charge in [0.2, 0.25) is 5.91 Å². The number of carboxylic acid groups (broad SMARTS) is 1. The van der Waals surface area contributed by atoms with Gasteiger partial charge in [-0.1, -0.05) is 6.92 Å². The molecule has 2 fully saturated rings. The van der Waals surface area contributed by atoms with Crippen LogP contribution in [0.5, 0.6) is 0 Å². The molecule has 0 bridgehead atoms. The topological polar surface area (TPSA) is 60.9 Å². The average molecular weight is 268 g/mol. The van der Waals surface area contributed by atoms with Gasteiger partial charge in [-0.25, -0.2) is 4.79 Å². The number of amides is 1. The minimum Gasteiger partial charge on any atom is -0.480 e. The Labute approximate surface area is 114 Å². The smallest absolute Gasteiger partial charge is 0.326 e. The summed E-state index contributed by atoms with van der Waals surface area (Å²) < 4.78 is 0. The Kier molecular flexibility index (Phi) is 4.45. The Bertz CT molecular complexity index is 351. The third-order valence-corrected chi connectivity index (χ3v) is 4.54. The second-order valence-electron chi connectivity index (χ2n) is 5.92. The molecule has 1 N–H and O–H groups in total. The highest BCUT2D eigenvalue weighted by Gasteiger charge is 2.37. The molecule has 1 amide bonds. The van der Waals surface area contributed by atoms with Crippen molar-refractivity contribution >= 4 is 11.9 Å². The molecule has 0 saturated carbocycles. The van der Waals surface area contributed by atoms with Gasteiger partial charge in [-0.3, -0.25) is 9.69 Å². The molecule has 0 radical (unpaired) electrons. The monoisotopic (exact) mass is 268 g/mol. The number of rotatable bonds is 3. The van der Waals surface area contributed by atoms with E-state index in [1.54, 1.807) is 4.90 Å². The lowest BCUT2D eigenvalue weighted by molar-refractivity contribution is -0.150. The molecule has 2 aliphatic rings. The molecule has 2 atom stereocenters. The van der Waals surface area contributed by atoms with E-state index < -0.39 is 12.0 Å². The van der Waals surface area contributed by atoms with Gasteiger partial charge in [0.05, 0.1) is 6.04 Å².